The van der Waals surface area contributed by atoms with Crippen molar-refractivity contribution in [3.8, 4) is 22.8 Å². The van der Waals surface area contributed by atoms with E-state index >= 15 is 0 Å². The Morgan fingerprint density at radius 2 is 1.53 bits per heavy atom. The molecule has 0 fully saturated rings. The molecule has 0 bridgehead atoms. The number of rotatable bonds is 6. The van der Waals surface area contributed by atoms with E-state index in [2.05, 4.69) is 10.2 Å². The van der Waals surface area contributed by atoms with Crippen LogP contribution in [-0.2, 0) is 6.61 Å². The summed E-state index contributed by atoms with van der Waals surface area (Å²) in [6, 6.07) is 17.1. The maximum atomic E-state index is 11.0. The Labute approximate surface area is 181 Å². The van der Waals surface area contributed by atoms with E-state index < -0.39 is 9.85 Å². The number of aliphatic hydroxyl groups excluding tert-OH is 1. The molecule has 1 aromatic heterocycles. The van der Waals surface area contributed by atoms with E-state index in [1.807, 2.05) is 19.1 Å². The van der Waals surface area contributed by atoms with Crippen molar-refractivity contribution >= 4 is 11.4 Å². The molecule has 160 valence electrons. The molecule has 1 heterocycles. The summed E-state index contributed by atoms with van der Waals surface area (Å²) >= 11 is 0. The summed E-state index contributed by atoms with van der Waals surface area (Å²) in [5, 5.41) is 40.9. The molecule has 0 radical (unpaired) electrons. The first kappa shape index (κ1) is 20.8. The molecule has 0 amide bonds. The van der Waals surface area contributed by atoms with E-state index in [9.17, 15) is 25.3 Å². The van der Waals surface area contributed by atoms with Crippen LogP contribution in [0.2, 0.25) is 0 Å². The molecule has 0 aliphatic carbocycles. The summed E-state index contributed by atoms with van der Waals surface area (Å²) in [5.41, 5.74) is 3.05. The van der Waals surface area contributed by atoms with E-state index in [0.29, 0.717) is 22.5 Å². The maximum Gasteiger partial charge on any atom is 0.340 e. The predicted molar refractivity (Wildman–Crippen MR) is 112 cm³/mol. The number of non-ortho nitro benzene ring substituents is 2. The topological polar surface area (TPSA) is 141 Å². The summed E-state index contributed by atoms with van der Waals surface area (Å²) < 4.78 is 0. The van der Waals surface area contributed by atoms with Crippen LogP contribution in [-0.4, -0.2) is 29.9 Å². The van der Waals surface area contributed by atoms with Crippen LogP contribution in [0.15, 0.2) is 66.7 Å². The second-order valence-electron chi connectivity index (χ2n) is 6.97. The van der Waals surface area contributed by atoms with E-state index in [1.54, 1.807) is 18.2 Å². The zero-order valence-corrected chi connectivity index (χ0v) is 16.8. The summed E-state index contributed by atoms with van der Waals surface area (Å²) in [5.74, 6) is 0.280. The van der Waals surface area contributed by atoms with Gasteiger partial charge in [0.05, 0.1) is 27.1 Å². The Hall–Kier alpha value is -4.51. The van der Waals surface area contributed by atoms with Gasteiger partial charge in [0.25, 0.3) is 11.4 Å². The van der Waals surface area contributed by atoms with Gasteiger partial charge in [0.1, 0.15) is 5.69 Å². The van der Waals surface area contributed by atoms with Crippen molar-refractivity contribution in [2.24, 2.45) is 0 Å². The number of nitrogens with zero attached hydrogens (tertiary/aromatic N) is 6. The highest BCUT2D eigenvalue weighted by atomic mass is 16.6. The molecule has 0 saturated heterocycles. The van der Waals surface area contributed by atoms with Gasteiger partial charge in [-0.3, -0.25) is 20.2 Å². The van der Waals surface area contributed by atoms with Crippen LogP contribution in [0.3, 0.4) is 0 Å². The molecule has 11 heteroatoms. The zero-order chi connectivity index (χ0) is 22.8. The molecule has 4 rings (SSSR count). The van der Waals surface area contributed by atoms with Gasteiger partial charge in [-0.25, -0.2) is 0 Å². The van der Waals surface area contributed by atoms with Crippen LogP contribution in [0, 0.1) is 27.2 Å². The van der Waals surface area contributed by atoms with E-state index in [4.69, 9.17) is 0 Å². The second kappa shape index (κ2) is 8.32. The Kier molecular flexibility index (Phi) is 5.39. The molecular weight excluding hydrogens is 416 g/mol. The number of aliphatic hydroxyl groups is 1. The number of nitro benzene ring substituents is 2. The molecule has 1 N–H and O–H groups in total. The van der Waals surface area contributed by atoms with Crippen LogP contribution < -0.4 is 4.80 Å². The Morgan fingerprint density at radius 3 is 2.09 bits per heavy atom. The quantitative estimate of drug-likeness (QED) is 0.280. The average Bonchev–Trinajstić information content (AvgIpc) is 3.24. The summed E-state index contributed by atoms with van der Waals surface area (Å²) in [7, 11) is 0. The minimum absolute atomic E-state index is 0.0578. The molecule has 0 saturated carbocycles. The van der Waals surface area contributed by atoms with Gasteiger partial charge in [0, 0.05) is 34.6 Å². The highest BCUT2D eigenvalue weighted by Crippen LogP contribution is 2.21. The standard InChI is InChI=1S/C21H17N6O5/c1-14-2-11-20(16(12-14)13-28)25-23-21(15-3-5-18(6-4-15)26(29)30)22-24(25)17-7-9-19(10-8-17)27(31)32/h2-12,28H,13H2,1H3/q+1. The smallest absolute Gasteiger partial charge is 0.340 e. The van der Waals surface area contributed by atoms with Gasteiger partial charge >= 0.3 is 5.82 Å². The fourth-order valence-electron chi connectivity index (χ4n) is 3.20. The SMILES string of the molecule is Cc1ccc(-[n+]2nc(-c3ccc([N+](=O)[O-])cc3)nn2-c2ccc([N+](=O)[O-])cc2)c(CO)c1. The second-order valence-corrected chi connectivity index (χ2v) is 6.97. The highest BCUT2D eigenvalue weighted by molar-refractivity contribution is 5.56. The monoisotopic (exact) mass is 433 g/mol. The number of tetrazole rings is 1. The van der Waals surface area contributed by atoms with Crippen LogP contribution in [0.25, 0.3) is 22.8 Å². The van der Waals surface area contributed by atoms with E-state index in [0.717, 1.165) is 5.56 Å². The number of benzene rings is 3. The van der Waals surface area contributed by atoms with Gasteiger partial charge in [-0.2, -0.15) is 0 Å². The van der Waals surface area contributed by atoms with Crippen LogP contribution in [0.4, 0.5) is 11.4 Å². The molecule has 0 unspecified atom stereocenters. The zero-order valence-electron chi connectivity index (χ0n) is 16.8. The number of hydrogen-bond acceptors (Lipinski definition) is 7. The van der Waals surface area contributed by atoms with Crippen molar-refractivity contribution < 1.29 is 19.7 Å². The molecular formula is C21H17N6O5+. The average molecular weight is 433 g/mol. The number of aromatic nitrogens is 4. The number of hydrogen-bond donors (Lipinski definition) is 1. The van der Waals surface area contributed by atoms with Crippen molar-refractivity contribution in [1.29, 1.82) is 0 Å². The molecule has 32 heavy (non-hydrogen) atoms. The van der Waals surface area contributed by atoms with Gasteiger partial charge in [0.15, 0.2) is 5.69 Å². The van der Waals surface area contributed by atoms with Gasteiger partial charge in [-0.05, 0) is 53.2 Å². The van der Waals surface area contributed by atoms with Crippen molar-refractivity contribution in [2.75, 3.05) is 0 Å². The van der Waals surface area contributed by atoms with E-state index in [-0.39, 0.29) is 23.8 Å². The van der Waals surface area contributed by atoms with Crippen molar-refractivity contribution in [1.82, 2.24) is 15.0 Å². The summed E-state index contributed by atoms with van der Waals surface area (Å²) in [6.07, 6.45) is 0. The van der Waals surface area contributed by atoms with E-state index in [1.165, 1.54) is 46.0 Å². The molecule has 4 aromatic rings. The first-order valence-corrected chi connectivity index (χ1v) is 9.47. The predicted octanol–water partition coefficient (Wildman–Crippen LogP) is 2.83. The first-order valence-electron chi connectivity index (χ1n) is 9.47. The van der Waals surface area contributed by atoms with Crippen LogP contribution >= 0.6 is 0 Å². The van der Waals surface area contributed by atoms with Gasteiger partial charge < -0.3 is 5.11 Å². The lowest BCUT2D eigenvalue weighted by Crippen LogP contribution is -2.44. The van der Waals surface area contributed by atoms with Crippen LogP contribution in [0.5, 0.6) is 0 Å². The van der Waals surface area contributed by atoms with Crippen LogP contribution in [0.1, 0.15) is 11.1 Å². The minimum Gasteiger partial charge on any atom is -0.392 e. The minimum atomic E-state index is -0.495. The largest absolute Gasteiger partial charge is 0.392 e. The lowest BCUT2D eigenvalue weighted by atomic mass is 10.1. The normalized spacial score (nSPS) is 10.8. The van der Waals surface area contributed by atoms with Crippen molar-refractivity contribution in [3.63, 3.8) is 0 Å². The molecule has 0 atom stereocenters. The first-order chi connectivity index (χ1) is 15.4. The summed E-state index contributed by atoms with van der Waals surface area (Å²) in [6.45, 7) is 1.67. The van der Waals surface area contributed by atoms with Gasteiger partial charge in [-0.1, -0.05) is 11.6 Å². The molecule has 0 aliphatic heterocycles. The third kappa shape index (κ3) is 3.91. The van der Waals surface area contributed by atoms with Crippen molar-refractivity contribution in [2.45, 2.75) is 13.5 Å². The molecule has 0 spiro atoms. The summed E-state index contributed by atoms with van der Waals surface area (Å²) in [4.78, 5) is 23.9. The Bertz CT molecular complexity index is 1320. The van der Waals surface area contributed by atoms with Crippen molar-refractivity contribution in [3.05, 3.63) is 98.1 Å². The molecule has 11 nitrogen and oxygen atoms in total. The lowest BCUT2D eigenvalue weighted by molar-refractivity contribution is -0.735. The molecule has 0 aliphatic rings. The third-order valence-electron chi connectivity index (χ3n) is 4.81. The fourth-order valence-corrected chi connectivity index (χ4v) is 3.20. The van der Waals surface area contributed by atoms with Gasteiger partial charge in [0.2, 0.25) is 0 Å². The number of aryl methyl sites for hydroxylation is 1. The third-order valence-corrected chi connectivity index (χ3v) is 4.81. The number of nitro groups is 2. The maximum absolute atomic E-state index is 11.0. The fraction of sp³-hybridized carbons (Fsp3) is 0.0952. The van der Waals surface area contributed by atoms with Gasteiger partial charge in [-0.15, -0.1) is 0 Å². The molecule has 3 aromatic carbocycles. The Balaban J connectivity index is 1.89. The highest BCUT2D eigenvalue weighted by Gasteiger charge is 2.26. The lowest BCUT2D eigenvalue weighted by Gasteiger charge is -2.05. The Morgan fingerprint density at radius 1 is 0.938 bits per heavy atom.